The molecule has 0 atom stereocenters. The Labute approximate surface area is 136 Å². The van der Waals surface area contributed by atoms with Gasteiger partial charge < -0.3 is 19.5 Å². The van der Waals surface area contributed by atoms with Crippen LogP contribution in [-0.2, 0) is 9.53 Å². The second-order valence-corrected chi connectivity index (χ2v) is 5.67. The molecule has 1 saturated heterocycles. The fraction of sp³-hybridized carbons (Fsp3) is 0.529. The number of piperidine rings is 1. The number of para-hydroxylation sites is 1. The summed E-state index contributed by atoms with van der Waals surface area (Å²) in [7, 11) is 1.60. The number of aliphatic carboxylic acids is 1. The van der Waals surface area contributed by atoms with E-state index in [1.54, 1.807) is 24.1 Å². The third kappa shape index (κ3) is 4.96. The van der Waals surface area contributed by atoms with E-state index in [2.05, 4.69) is 0 Å². The average Bonchev–Trinajstić information content (AvgIpc) is 2.55. The Balaban J connectivity index is 1.97. The topological polar surface area (TPSA) is 76.1 Å². The van der Waals surface area contributed by atoms with Crippen molar-refractivity contribution in [2.75, 3.05) is 33.4 Å². The third-order valence-electron chi connectivity index (χ3n) is 4.03. The first-order valence-electron chi connectivity index (χ1n) is 7.83. The zero-order valence-electron chi connectivity index (χ0n) is 13.4. The minimum atomic E-state index is -0.772. The lowest BCUT2D eigenvalue weighted by Gasteiger charge is -2.31. The molecule has 1 aromatic carbocycles. The number of ether oxygens (including phenoxy) is 2. The van der Waals surface area contributed by atoms with Gasteiger partial charge in [-0.1, -0.05) is 12.1 Å². The molecule has 1 aliphatic heterocycles. The van der Waals surface area contributed by atoms with Crippen LogP contribution in [0.4, 0.5) is 0 Å². The maximum Gasteiger partial charge on any atom is 0.303 e. The van der Waals surface area contributed by atoms with Crippen LogP contribution in [0.3, 0.4) is 0 Å². The van der Waals surface area contributed by atoms with Gasteiger partial charge >= 0.3 is 5.97 Å². The summed E-state index contributed by atoms with van der Waals surface area (Å²) in [5.74, 6) is -0.120. The van der Waals surface area contributed by atoms with E-state index in [0.29, 0.717) is 37.6 Å². The number of nitrogens with zero attached hydrogens (tertiary/aromatic N) is 1. The van der Waals surface area contributed by atoms with Crippen LogP contribution in [0.5, 0.6) is 5.75 Å². The van der Waals surface area contributed by atoms with Crippen molar-refractivity contribution in [3.05, 3.63) is 29.8 Å². The van der Waals surface area contributed by atoms with Crippen molar-refractivity contribution in [2.24, 2.45) is 5.92 Å². The summed E-state index contributed by atoms with van der Waals surface area (Å²) in [6.45, 7) is 2.02. The van der Waals surface area contributed by atoms with Crippen LogP contribution in [0.2, 0.25) is 0 Å². The molecular formula is C17H23NO5. The first kappa shape index (κ1) is 17.3. The summed E-state index contributed by atoms with van der Waals surface area (Å²) >= 11 is 0. The van der Waals surface area contributed by atoms with Crippen molar-refractivity contribution < 1.29 is 24.2 Å². The molecule has 0 spiro atoms. The lowest BCUT2D eigenvalue weighted by molar-refractivity contribution is -0.138. The minimum absolute atomic E-state index is 0.0632. The van der Waals surface area contributed by atoms with Gasteiger partial charge in [-0.15, -0.1) is 0 Å². The fourth-order valence-electron chi connectivity index (χ4n) is 2.76. The van der Waals surface area contributed by atoms with Gasteiger partial charge in [0.2, 0.25) is 0 Å². The van der Waals surface area contributed by atoms with Crippen molar-refractivity contribution in [3.63, 3.8) is 0 Å². The predicted octanol–water partition coefficient (Wildman–Crippen LogP) is 2.04. The first-order chi connectivity index (χ1) is 11.1. The quantitative estimate of drug-likeness (QED) is 0.778. The number of hydrogen-bond donors (Lipinski definition) is 1. The molecule has 1 aliphatic rings. The summed E-state index contributed by atoms with van der Waals surface area (Å²) in [5, 5.41) is 8.85. The first-order valence-corrected chi connectivity index (χ1v) is 7.83. The molecule has 6 heteroatoms. The molecule has 2 rings (SSSR count). The van der Waals surface area contributed by atoms with Crippen molar-refractivity contribution >= 4 is 11.9 Å². The van der Waals surface area contributed by atoms with Crippen LogP contribution >= 0.6 is 0 Å². The highest BCUT2D eigenvalue weighted by molar-refractivity contribution is 5.97. The molecule has 126 valence electrons. The van der Waals surface area contributed by atoms with Gasteiger partial charge in [-0.05, 0) is 30.9 Å². The third-order valence-corrected chi connectivity index (χ3v) is 4.03. The lowest BCUT2D eigenvalue weighted by atomic mass is 9.93. The van der Waals surface area contributed by atoms with E-state index in [1.165, 1.54) is 0 Å². The highest BCUT2D eigenvalue weighted by Crippen LogP contribution is 2.25. The van der Waals surface area contributed by atoms with Crippen LogP contribution in [0.25, 0.3) is 0 Å². The van der Waals surface area contributed by atoms with E-state index in [-0.39, 0.29) is 18.2 Å². The van der Waals surface area contributed by atoms with Gasteiger partial charge in [0.1, 0.15) is 12.4 Å². The number of carboxylic acid groups (broad SMARTS) is 1. The summed E-state index contributed by atoms with van der Waals surface area (Å²) in [5.41, 5.74) is 0.542. The van der Waals surface area contributed by atoms with Crippen LogP contribution in [0, 0.1) is 5.92 Å². The van der Waals surface area contributed by atoms with Gasteiger partial charge in [0.05, 0.1) is 12.2 Å². The number of hydrogen-bond acceptors (Lipinski definition) is 4. The molecule has 0 unspecified atom stereocenters. The van der Waals surface area contributed by atoms with Gasteiger partial charge in [0.15, 0.2) is 0 Å². The maximum absolute atomic E-state index is 12.7. The van der Waals surface area contributed by atoms with Crippen molar-refractivity contribution in [1.29, 1.82) is 0 Å². The molecule has 0 saturated carbocycles. The van der Waals surface area contributed by atoms with Gasteiger partial charge in [-0.25, -0.2) is 0 Å². The minimum Gasteiger partial charge on any atom is -0.490 e. The fourth-order valence-corrected chi connectivity index (χ4v) is 2.76. The maximum atomic E-state index is 12.7. The van der Waals surface area contributed by atoms with Crippen LogP contribution in [0.1, 0.15) is 29.6 Å². The van der Waals surface area contributed by atoms with Gasteiger partial charge in [-0.2, -0.15) is 0 Å². The molecular weight excluding hydrogens is 298 g/mol. The van der Waals surface area contributed by atoms with Crippen LogP contribution < -0.4 is 4.74 Å². The highest BCUT2D eigenvalue weighted by Gasteiger charge is 2.26. The molecule has 0 aliphatic carbocycles. The van der Waals surface area contributed by atoms with Gasteiger partial charge in [-0.3, -0.25) is 9.59 Å². The van der Waals surface area contributed by atoms with E-state index in [4.69, 9.17) is 14.6 Å². The van der Waals surface area contributed by atoms with Crippen molar-refractivity contribution in [2.45, 2.75) is 19.3 Å². The second-order valence-electron chi connectivity index (χ2n) is 5.67. The Morgan fingerprint density at radius 1 is 1.22 bits per heavy atom. The number of benzene rings is 1. The van der Waals surface area contributed by atoms with E-state index in [1.807, 2.05) is 12.1 Å². The average molecular weight is 321 g/mol. The summed E-state index contributed by atoms with van der Waals surface area (Å²) < 4.78 is 10.6. The molecule has 1 heterocycles. The van der Waals surface area contributed by atoms with Crippen molar-refractivity contribution in [1.82, 2.24) is 4.90 Å². The summed E-state index contributed by atoms with van der Waals surface area (Å²) in [6, 6.07) is 7.18. The number of likely N-dealkylation sites (tertiary alicyclic amines) is 1. The molecule has 1 fully saturated rings. The van der Waals surface area contributed by atoms with E-state index >= 15 is 0 Å². The lowest BCUT2D eigenvalue weighted by Crippen LogP contribution is -2.39. The smallest absolute Gasteiger partial charge is 0.303 e. The second kappa shape index (κ2) is 8.53. The van der Waals surface area contributed by atoms with E-state index in [0.717, 1.165) is 12.8 Å². The Morgan fingerprint density at radius 3 is 2.57 bits per heavy atom. The molecule has 23 heavy (non-hydrogen) atoms. The standard InChI is InChI=1S/C17H23NO5/c1-22-10-11-23-15-5-3-2-4-14(15)17(21)18-8-6-13(7-9-18)12-16(19)20/h2-5,13H,6-12H2,1H3,(H,19,20). The SMILES string of the molecule is COCCOc1ccccc1C(=O)N1CCC(CC(=O)O)CC1. The zero-order valence-corrected chi connectivity index (χ0v) is 13.4. The number of carbonyl (C=O) groups excluding carboxylic acids is 1. The summed E-state index contributed by atoms with van der Waals surface area (Å²) in [6.07, 6.45) is 1.63. The molecule has 1 aromatic rings. The van der Waals surface area contributed by atoms with Crippen LogP contribution in [-0.4, -0.2) is 55.3 Å². The van der Waals surface area contributed by atoms with E-state index in [9.17, 15) is 9.59 Å². The molecule has 0 aromatic heterocycles. The molecule has 0 radical (unpaired) electrons. The van der Waals surface area contributed by atoms with Gasteiger partial charge in [0.25, 0.3) is 5.91 Å². The largest absolute Gasteiger partial charge is 0.490 e. The monoisotopic (exact) mass is 321 g/mol. The van der Waals surface area contributed by atoms with E-state index < -0.39 is 5.97 Å². The number of carboxylic acids is 1. The molecule has 1 amide bonds. The normalized spacial score (nSPS) is 15.4. The number of methoxy groups -OCH3 is 1. The predicted molar refractivity (Wildman–Crippen MR) is 84.7 cm³/mol. The molecule has 1 N–H and O–H groups in total. The Bertz CT molecular complexity index is 538. The van der Waals surface area contributed by atoms with Gasteiger partial charge in [0, 0.05) is 26.6 Å². The molecule has 0 bridgehead atoms. The van der Waals surface area contributed by atoms with Crippen molar-refractivity contribution in [3.8, 4) is 5.75 Å². The number of amides is 1. The Hall–Kier alpha value is -2.08. The Morgan fingerprint density at radius 2 is 1.91 bits per heavy atom. The zero-order chi connectivity index (χ0) is 16.7. The number of carbonyl (C=O) groups is 2. The molecule has 6 nitrogen and oxygen atoms in total. The highest BCUT2D eigenvalue weighted by atomic mass is 16.5. The summed E-state index contributed by atoms with van der Waals surface area (Å²) in [4.78, 5) is 25.2. The van der Waals surface area contributed by atoms with Crippen LogP contribution in [0.15, 0.2) is 24.3 Å². The Kier molecular flexibility index (Phi) is 6.40. The number of rotatable bonds is 7.